The molecule has 0 bridgehead atoms. The molecule has 0 aliphatic heterocycles. The quantitative estimate of drug-likeness (QED) is 0.0659. The Morgan fingerprint density at radius 2 is 1.18 bits per heavy atom. The van der Waals surface area contributed by atoms with Gasteiger partial charge in [0.1, 0.15) is 30.2 Å². The minimum atomic E-state index is -3.88. The molecule has 2 rings (SSSR count). The van der Waals surface area contributed by atoms with Gasteiger partial charge >= 0.3 is 0 Å². The fourth-order valence-electron chi connectivity index (χ4n) is 5.47. The van der Waals surface area contributed by atoms with E-state index in [1.165, 1.54) is 26.3 Å². The number of sulfonamides is 1. The lowest BCUT2D eigenvalue weighted by molar-refractivity contribution is -0.135. The normalized spacial score (nSPS) is 14.5. The van der Waals surface area contributed by atoms with Crippen molar-refractivity contribution in [3.63, 3.8) is 0 Å². The van der Waals surface area contributed by atoms with Crippen molar-refractivity contribution >= 4 is 45.5 Å². The second kappa shape index (κ2) is 23.2. The van der Waals surface area contributed by atoms with E-state index in [4.69, 9.17) is 11.5 Å². The molecular weight excluding hydrogens is 745 g/mol. The number of amides is 6. The van der Waals surface area contributed by atoms with Crippen LogP contribution in [0.2, 0.25) is 0 Å². The van der Waals surface area contributed by atoms with E-state index < -0.39 is 81.8 Å². The highest BCUT2D eigenvalue weighted by Gasteiger charge is 2.32. The fraction of sp³-hybridized carbons (Fsp3) is 0.526. The lowest BCUT2D eigenvalue weighted by Gasteiger charge is -2.26. The van der Waals surface area contributed by atoms with Crippen molar-refractivity contribution in [1.29, 1.82) is 0 Å². The van der Waals surface area contributed by atoms with Crippen molar-refractivity contribution in [1.82, 2.24) is 31.3 Å². The van der Waals surface area contributed by atoms with E-state index in [0.29, 0.717) is 19.4 Å². The zero-order valence-corrected chi connectivity index (χ0v) is 33.5. The Bertz CT molecular complexity index is 1740. The van der Waals surface area contributed by atoms with Crippen LogP contribution in [0.5, 0.6) is 0 Å². The Labute approximate surface area is 328 Å². The predicted molar refractivity (Wildman–Crippen MR) is 212 cm³/mol. The molecule has 17 nitrogen and oxygen atoms in total. The molecule has 0 heterocycles. The molecule has 0 spiro atoms. The average molecular weight is 803 g/mol. The maximum atomic E-state index is 13.4. The number of hydrogen-bond donors (Lipinski definition) is 9. The Hall–Kier alpha value is -4.91. The van der Waals surface area contributed by atoms with E-state index in [9.17, 15) is 42.3 Å². The van der Waals surface area contributed by atoms with Gasteiger partial charge in [-0.1, -0.05) is 49.7 Å². The summed E-state index contributed by atoms with van der Waals surface area (Å²) in [6.07, 6.45) is 3.61. The molecule has 18 heteroatoms. The first kappa shape index (κ1) is 47.2. The summed E-state index contributed by atoms with van der Waals surface area (Å²) in [6, 6.07) is 8.63. The zero-order chi connectivity index (χ0) is 42.0. The highest BCUT2D eigenvalue weighted by Crippen LogP contribution is 2.21. The standard InChI is InChI=1S/C38H58N8O9S/c1-6-7-10-26-12-14-27(15-13-26)28-16-18-29(19-17-28)35(50)44-31(20-22-40)37(52)45-32(25(4)47)38(53)42-23(2)33(48)43-30(11-8-9-21-39)36(51)41-24(3)34(49)46-56(5,54)55/h12-19,23-25,30-32,47H,6-11,20-22,39-40H2,1-5H3,(H,41,51)(H,42,53)(H,43,48)(H,44,50)(H,45,52)(H,46,49)/t23-,24-,25+,30-,31-,32-/m0/s1. The summed E-state index contributed by atoms with van der Waals surface area (Å²) < 4.78 is 24.6. The molecule has 0 radical (unpaired) electrons. The maximum Gasteiger partial charge on any atom is 0.255 e. The van der Waals surface area contributed by atoms with E-state index in [0.717, 1.165) is 36.6 Å². The van der Waals surface area contributed by atoms with Crippen molar-refractivity contribution in [3.8, 4) is 11.1 Å². The number of hydrogen-bond acceptors (Lipinski definition) is 11. The molecule has 6 amide bonds. The summed E-state index contributed by atoms with van der Waals surface area (Å²) in [7, 11) is -3.88. The minimum Gasteiger partial charge on any atom is -0.391 e. The van der Waals surface area contributed by atoms with Crippen LogP contribution in [0, 0.1) is 0 Å². The van der Waals surface area contributed by atoms with Crippen molar-refractivity contribution in [2.75, 3.05) is 19.3 Å². The number of aryl methyl sites for hydroxylation is 1. The Balaban J connectivity index is 2.07. The molecule has 0 fully saturated rings. The fourth-order valence-corrected chi connectivity index (χ4v) is 6.01. The highest BCUT2D eigenvalue weighted by molar-refractivity contribution is 7.89. The van der Waals surface area contributed by atoms with Crippen molar-refractivity contribution in [2.24, 2.45) is 11.5 Å². The summed E-state index contributed by atoms with van der Waals surface area (Å²) in [5, 5.41) is 22.8. The molecule has 2 aromatic carbocycles. The number of benzene rings is 2. The Morgan fingerprint density at radius 3 is 1.71 bits per heavy atom. The van der Waals surface area contributed by atoms with Gasteiger partial charge in [0, 0.05) is 5.56 Å². The van der Waals surface area contributed by atoms with E-state index in [1.54, 1.807) is 29.0 Å². The second-order valence-corrected chi connectivity index (χ2v) is 15.5. The van der Waals surface area contributed by atoms with Crippen molar-refractivity contribution in [3.05, 3.63) is 59.7 Å². The first-order chi connectivity index (χ1) is 26.4. The monoisotopic (exact) mass is 802 g/mol. The molecule has 11 N–H and O–H groups in total. The zero-order valence-electron chi connectivity index (χ0n) is 32.7. The number of nitrogens with one attached hydrogen (secondary N) is 6. The third-order valence-corrected chi connectivity index (χ3v) is 9.34. The smallest absolute Gasteiger partial charge is 0.255 e. The van der Waals surface area contributed by atoms with Gasteiger partial charge in [0.2, 0.25) is 33.7 Å². The molecule has 2 aromatic rings. The van der Waals surface area contributed by atoms with Gasteiger partial charge < -0.3 is 43.2 Å². The van der Waals surface area contributed by atoms with Gasteiger partial charge in [0.15, 0.2) is 0 Å². The van der Waals surface area contributed by atoms with Crippen LogP contribution >= 0.6 is 0 Å². The Morgan fingerprint density at radius 1 is 0.643 bits per heavy atom. The van der Waals surface area contributed by atoms with E-state index in [1.807, 2.05) is 12.1 Å². The molecule has 0 aliphatic rings. The van der Waals surface area contributed by atoms with Gasteiger partial charge in [-0.15, -0.1) is 0 Å². The van der Waals surface area contributed by atoms with Crippen LogP contribution in [0.25, 0.3) is 11.1 Å². The van der Waals surface area contributed by atoms with E-state index in [-0.39, 0.29) is 24.9 Å². The third kappa shape index (κ3) is 16.1. The number of rotatable bonds is 23. The van der Waals surface area contributed by atoms with Gasteiger partial charge in [-0.2, -0.15) is 0 Å². The summed E-state index contributed by atoms with van der Waals surface area (Å²) in [5.41, 5.74) is 14.7. The van der Waals surface area contributed by atoms with Crippen LogP contribution in [-0.2, 0) is 40.4 Å². The summed E-state index contributed by atoms with van der Waals surface area (Å²) in [6.45, 7) is 6.30. The van der Waals surface area contributed by atoms with Crippen LogP contribution in [0.4, 0.5) is 0 Å². The molecule has 6 atom stereocenters. The van der Waals surface area contributed by atoms with Crippen molar-refractivity contribution < 1.29 is 42.3 Å². The number of unbranched alkanes of at least 4 members (excludes halogenated alkanes) is 2. The molecule has 0 aliphatic carbocycles. The predicted octanol–water partition coefficient (Wildman–Crippen LogP) is -0.292. The van der Waals surface area contributed by atoms with Gasteiger partial charge in [-0.3, -0.25) is 33.5 Å². The van der Waals surface area contributed by atoms with Crippen LogP contribution in [0.3, 0.4) is 0 Å². The van der Waals surface area contributed by atoms with E-state index >= 15 is 0 Å². The Kier molecular flexibility index (Phi) is 19.6. The number of carbonyl (C=O) groups is 6. The lowest BCUT2D eigenvalue weighted by Crippen LogP contribution is -2.60. The molecule has 310 valence electrons. The topological polar surface area (TPSA) is 281 Å². The number of aliphatic hydroxyl groups excluding tert-OH is 1. The van der Waals surface area contributed by atoms with E-state index in [2.05, 4.69) is 45.6 Å². The third-order valence-electron chi connectivity index (χ3n) is 8.76. The highest BCUT2D eigenvalue weighted by atomic mass is 32.2. The van der Waals surface area contributed by atoms with Gasteiger partial charge in [-0.05, 0) is 101 Å². The number of aliphatic hydroxyl groups is 1. The van der Waals surface area contributed by atoms with Crippen LogP contribution < -0.4 is 42.8 Å². The van der Waals surface area contributed by atoms with Gasteiger partial charge in [0.25, 0.3) is 11.8 Å². The van der Waals surface area contributed by atoms with Gasteiger partial charge in [0.05, 0.1) is 12.4 Å². The van der Waals surface area contributed by atoms with Crippen molar-refractivity contribution in [2.45, 2.75) is 109 Å². The molecule has 0 saturated heterocycles. The molecule has 0 saturated carbocycles. The lowest BCUT2D eigenvalue weighted by atomic mass is 10.0. The number of carbonyl (C=O) groups excluding carboxylic acids is 6. The maximum absolute atomic E-state index is 13.4. The first-order valence-electron chi connectivity index (χ1n) is 18.7. The summed E-state index contributed by atoms with van der Waals surface area (Å²) >= 11 is 0. The minimum absolute atomic E-state index is 0.00906. The van der Waals surface area contributed by atoms with Crippen LogP contribution in [0.15, 0.2) is 48.5 Å². The molecule has 0 aromatic heterocycles. The van der Waals surface area contributed by atoms with Gasteiger partial charge in [-0.25, -0.2) is 8.42 Å². The summed E-state index contributed by atoms with van der Waals surface area (Å²) in [4.78, 5) is 78.2. The molecule has 0 unspecified atom stereocenters. The largest absolute Gasteiger partial charge is 0.391 e. The van der Waals surface area contributed by atoms with Crippen LogP contribution in [-0.4, -0.2) is 105 Å². The van der Waals surface area contributed by atoms with Crippen LogP contribution in [0.1, 0.15) is 82.1 Å². The second-order valence-electron chi connectivity index (χ2n) is 13.8. The summed E-state index contributed by atoms with van der Waals surface area (Å²) in [5.74, 6) is -4.86. The molecular formula is C38H58N8O9S. The average Bonchev–Trinajstić information content (AvgIpc) is 3.14. The first-order valence-corrected chi connectivity index (χ1v) is 20.6. The SMILES string of the molecule is CCCCc1ccc(-c2ccc(C(=O)N[C@@H](CCN)C(=O)N[C@H](C(=O)N[C@@H](C)C(=O)N[C@@H](CCCCN)C(=O)N[C@@H](C)C(=O)NS(C)(=O)=O)[C@@H](C)O)cc2)cc1. The number of nitrogens with two attached hydrogens (primary N) is 2. The molecule has 56 heavy (non-hydrogen) atoms.